The first-order valence-electron chi connectivity index (χ1n) is 13.5. The molecule has 1 unspecified atom stereocenters. The summed E-state index contributed by atoms with van der Waals surface area (Å²) in [6.45, 7) is 14.1. The molecule has 2 N–H and O–H groups in total. The third-order valence-corrected chi connectivity index (χ3v) is 7.15. The highest BCUT2D eigenvalue weighted by Gasteiger charge is 2.27. The largest absolute Gasteiger partial charge is 0.368 e. The smallest absolute Gasteiger partial charge is 0.273 e. The van der Waals surface area contributed by atoms with Crippen LogP contribution in [0.4, 0.5) is 10.1 Å². The van der Waals surface area contributed by atoms with Gasteiger partial charge in [-0.1, -0.05) is 23.9 Å². The first-order valence-corrected chi connectivity index (χ1v) is 13.5. The number of carbonyl (C=O) groups excluding carboxylic acids is 2. The Kier molecular flexibility index (Phi) is 8.52. The maximum atomic E-state index is 16.0. The van der Waals surface area contributed by atoms with Crippen LogP contribution in [-0.2, 0) is 16.9 Å². The van der Waals surface area contributed by atoms with Gasteiger partial charge in [-0.15, -0.1) is 5.10 Å². The number of piperidine rings is 1. The fourth-order valence-corrected chi connectivity index (χ4v) is 4.75. The van der Waals surface area contributed by atoms with Crippen LogP contribution >= 0.6 is 0 Å². The predicted molar refractivity (Wildman–Crippen MR) is 153 cm³/mol. The summed E-state index contributed by atoms with van der Waals surface area (Å²) in [5, 5.41) is 23.6. The predicted octanol–water partition coefficient (Wildman–Crippen LogP) is 4.01. The van der Waals surface area contributed by atoms with Gasteiger partial charge in [0.05, 0.1) is 29.2 Å². The number of rotatable bonds is 7. The van der Waals surface area contributed by atoms with Crippen molar-refractivity contribution in [3.05, 3.63) is 71.1 Å². The summed E-state index contributed by atoms with van der Waals surface area (Å²) < 4.78 is 17.6. The lowest BCUT2D eigenvalue weighted by atomic mass is 9.94. The Morgan fingerprint density at radius 1 is 1.27 bits per heavy atom. The molecule has 3 heterocycles. The van der Waals surface area contributed by atoms with E-state index in [9.17, 15) is 14.9 Å². The summed E-state index contributed by atoms with van der Waals surface area (Å²) >= 11 is 0. The second-order valence-electron chi connectivity index (χ2n) is 11.3. The number of nitrogens with one attached hydrogen (secondary N) is 2. The Labute approximate surface area is 239 Å². The lowest BCUT2D eigenvalue weighted by Crippen LogP contribution is -2.48. The number of hydrogen-bond acceptors (Lipinski definition) is 7. The molecule has 2 amide bonds. The number of benzene rings is 1. The third-order valence-electron chi connectivity index (χ3n) is 7.15. The molecule has 2 aromatic heterocycles. The summed E-state index contributed by atoms with van der Waals surface area (Å²) in [6, 6.07) is 5.41. The van der Waals surface area contributed by atoms with Crippen LogP contribution in [0.25, 0.3) is 11.1 Å². The Balaban J connectivity index is 1.59. The van der Waals surface area contributed by atoms with Crippen molar-refractivity contribution in [2.24, 2.45) is 0 Å². The standard InChI is InChI=1S/C30H35FN8O2/c1-18(2)28(40)35-22-8-7-11-38(16-22)25-15-33-13-21(12-32)26(25)23-10-9-20(19(3)27(23)31)14-34-29(41)24-17-39(37-36-24)30(4,5)6/h9-10,13,15,17,22H,1,7-8,11,14,16H2,2-6H3,(H,34,41)(H,35,40). The lowest BCUT2D eigenvalue weighted by Gasteiger charge is -2.36. The summed E-state index contributed by atoms with van der Waals surface area (Å²) in [5.74, 6) is -1.10. The Morgan fingerprint density at radius 2 is 2.02 bits per heavy atom. The van der Waals surface area contributed by atoms with Crippen molar-refractivity contribution >= 4 is 17.5 Å². The summed E-state index contributed by atoms with van der Waals surface area (Å²) in [6.07, 6.45) is 6.25. The fraction of sp³-hybridized carbons (Fsp3) is 0.400. The molecular weight excluding hydrogens is 523 g/mol. The topological polar surface area (TPSA) is 129 Å². The molecule has 0 saturated carbocycles. The first-order chi connectivity index (χ1) is 19.4. The van der Waals surface area contributed by atoms with Gasteiger partial charge in [0.2, 0.25) is 5.91 Å². The van der Waals surface area contributed by atoms with Crippen molar-refractivity contribution < 1.29 is 14.0 Å². The van der Waals surface area contributed by atoms with Crippen molar-refractivity contribution in [3.8, 4) is 17.2 Å². The van der Waals surface area contributed by atoms with Gasteiger partial charge >= 0.3 is 0 Å². The average Bonchev–Trinajstić information content (AvgIpc) is 3.45. The number of aromatic nitrogens is 4. The van der Waals surface area contributed by atoms with Crippen LogP contribution in [0.15, 0.2) is 42.9 Å². The highest BCUT2D eigenvalue weighted by molar-refractivity contribution is 5.92. The minimum Gasteiger partial charge on any atom is -0.368 e. The zero-order chi connectivity index (χ0) is 29.9. The average molecular weight is 559 g/mol. The van der Waals surface area contributed by atoms with E-state index in [2.05, 4.69) is 38.6 Å². The SMILES string of the molecule is C=C(C)C(=O)NC1CCCN(c2cncc(C#N)c2-c2ccc(CNC(=O)c3cn(C(C)(C)C)nn3)c(C)c2F)C1. The van der Waals surface area contributed by atoms with E-state index in [1.54, 1.807) is 43.1 Å². The van der Waals surface area contributed by atoms with E-state index in [0.29, 0.717) is 41.0 Å². The summed E-state index contributed by atoms with van der Waals surface area (Å²) in [5.41, 5.74) is 2.84. The molecule has 1 saturated heterocycles. The highest BCUT2D eigenvalue weighted by Crippen LogP contribution is 2.37. The van der Waals surface area contributed by atoms with Gasteiger partial charge in [-0.3, -0.25) is 14.6 Å². The van der Waals surface area contributed by atoms with E-state index in [1.165, 1.54) is 6.20 Å². The van der Waals surface area contributed by atoms with Gasteiger partial charge in [0, 0.05) is 48.6 Å². The molecule has 0 spiro atoms. The number of nitrogens with zero attached hydrogens (tertiary/aromatic N) is 6. The molecule has 0 aliphatic carbocycles. The Hall–Kier alpha value is -4.59. The molecule has 1 aromatic carbocycles. The van der Waals surface area contributed by atoms with Gasteiger partial charge in [-0.05, 0) is 58.6 Å². The van der Waals surface area contributed by atoms with E-state index in [4.69, 9.17) is 0 Å². The maximum Gasteiger partial charge on any atom is 0.273 e. The fourth-order valence-electron chi connectivity index (χ4n) is 4.75. The number of carbonyl (C=O) groups is 2. The second-order valence-corrected chi connectivity index (χ2v) is 11.3. The normalized spacial score (nSPS) is 15.2. The molecule has 1 aliphatic heterocycles. The minimum absolute atomic E-state index is 0.0920. The summed E-state index contributed by atoms with van der Waals surface area (Å²) in [7, 11) is 0. The van der Waals surface area contributed by atoms with Gasteiger partial charge in [-0.2, -0.15) is 5.26 Å². The van der Waals surface area contributed by atoms with Crippen LogP contribution < -0.4 is 15.5 Å². The summed E-state index contributed by atoms with van der Waals surface area (Å²) in [4.78, 5) is 31.2. The van der Waals surface area contributed by atoms with Crippen molar-refractivity contribution in [2.45, 2.75) is 65.6 Å². The van der Waals surface area contributed by atoms with Crippen LogP contribution in [0.5, 0.6) is 0 Å². The molecule has 11 heteroatoms. The molecule has 4 rings (SSSR count). The molecule has 0 radical (unpaired) electrons. The molecule has 1 aliphatic rings. The van der Waals surface area contributed by atoms with Gasteiger partial charge < -0.3 is 15.5 Å². The van der Waals surface area contributed by atoms with Crippen LogP contribution in [0.2, 0.25) is 0 Å². The zero-order valence-corrected chi connectivity index (χ0v) is 24.1. The molecular formula is C30H35FN8O2. The number of nitriles is 1. The van der Waals surface area contributed by atoms with Gasteiger partial charge in [0.15, 0.2) is 5.69 Å². The quantitative estimate of drug-likeness (QED) is 0.419. The third kappa shape index (κ3) is 6.43. The second kappa shape index (κ2) is 11.9. The van der Waals surface area contributed by atoms with E-state index >= 15 is 4.39 Å². The van der Waals surface area contributed by atoms with E-state index < -0.39 is 11.7 Å². The lowest BCUT2D eigenvalue weighted by molar-refractivity contribution is -0.118. The molecule has 1 fully saturated rings. The minimum atomic E-state index is -0.483. The van der Waals surface area contributed by atoms with Crippen molar-refractivity contribution in [1.82, 2.24) is 30.6 Å². The van der Waals surface area contributed by atoms with E-state index in [0.717, 1.165) is 12.8 Å². The van der Waals surface area contributed by atoms with Crippen LogP contribution in [-0.4, -0.2) is 50.9 Å². The van der Waals surface area contributed by atoms with Gasteiger partial charge in [0.1, 0.15) is 11.9 Å². The number of amides is 2. The number of halogens is 1. The van der Waals surface area contributed by atoms with E-state index in [1.807, 2.05) is 25.7 Å². The van der Waals surface area contributed by atoms with Crippen molar-refractivity contribution in [1.29, 1.82) is 5.26 Å². The van der Waals surface area contributed by atoms with Crippen LogP contribution in [0, 0.1) is 24.1 Å². The monoisotopic (exact) mass is 558 g/mol. The molecule has 214 valence electrons. The molecule has 0 bridgehead atoms. The molecule has 3 aromatic rings. The van der Waals surface area contributed by atoms with Gasteiger partial charge in [0.25, 0.3) is 5.91 Å². The maximum absolute atomic E-state index is 16.0. The van der Waals surface area contributed by atoms with E-state index in [-0.39, 0.29) is 40.9 Å². The van der Waals surface area contributed by atoms with Crippen molar-refractivity contribution in [2.75, 3.05) is 18.0 Å². The van der Waals surface area contributed by atoms with Gasteiger partial charge in [-0.25, -0.2) is 9.07 Å². The Bertz CT molecular complexity index is 1530. The number of pyridine rings is 1. The zero-order valence-electron chi connectivity index (χ0n) is 24.1. The first kappa shape index (κ1) is 29.4. The number of anilines is 1. The number of hydrogen-bond donors (Lipinski definition) is 2. The van der Waals surface area contributed by atoms with Crippen molar-refractivity contribution in [3.63, 3.8) is 0 Å². The Morgan fingerprint density at radius 3 is 2.68 bits per heavy atom. The van der Waals surface area contributed by atoms with Crippen LogP contribution in [0.1, 0.15) is 67.7 Å². The molecule has 1 atom stereocenters. The molecule has 10 nitrogen and oxygen atoms in total. The highest BCUT2D eigenvalue weighted by atomic mass is 19.1. The molecule has 41 heavy (non-hydrogen) atoms. The van der Waals surface area contributed by atoms with Crippen LogP contribution in [0.3, 0.4) is 0 Å².